The standard InChI is InChI=1S/C26H29N.ClH/c1-21(25-12-11-24-9-5-6-10-26(24)20-25)13-16-27-17-14-23(15-18-27)19-22-7-3-2-4-8-22;/h2-13,20,23H,14-19H2,1H3;1H/b21-13+;. The molecule has 0 radical (unpaired) electrons. The van der Waals surface area contributed by atoms with Crippen LogP contribution >= 0.6 is 12.4 Å². The van der Waals surface area contributed by atoms with Crippen LogP contribution in [0, 0.1) is 5.92 Å². The first-order valence-electron chi connectivity index (χ1n) is 10.2. The van der Waals surface area contributed by atoms with Crippen LogP contribution in [-0.2, 0) is 6.42 Å². The highest BCUT2D eigenvalue weighted by Crippen LogP contribution is 2.23. The second-order valence-corrected chi connectivity index (χ2v) is 7.88. The minimum absolute atomic E-state index is 0. The molecule has 0 bridgehead atoms. The first-order chi connectivity index (χ1) is 13.3. The maximum Gasteiger partial charge on any atom is 0.0169 e. The predicted molar refractivity (Wildman–Crippen MR) is 124 cm³/mol. The highest BCUT2D eigenvalue weighted by Gasteiger charge is 2.18. The van der Waals surface area contributed by atoms with E-state index in [4.69, 9.17) is 0 Å². The van der Waals surface area contributed by atoms with Crippen molar-refractivity contribution < 1.29 is 0 Å². The molecule has 0 amide bonds. The van der Waals surface area contributed by atoms with Gasteiger partial charge >= 0.3 is 0 Å². The molecule has 0 aromatic heterocycles. The Kier molecular flexibility index (Phi) is 7.30. The van der Waals surface area contributed by atoms with Gasteiger partial charge in [0.2, 0.25) is 0 Å². The van der Waals surface area contributed by atoms with Crippen molar-refractivity contribution in [2.45, 2.75) is 26.2 Å². The Morgan fingerprint density at radius 2 is 1.57 bits per heavy atom. The molecule has 0 spiro atoms. The van der Waals surface area contributed by atoms with E-state index in [0.29, 0.717) is 0 Å². The highest BCUT2D eigenvalue weighted by atomic mass is 35.5. The Hall–Kier alpha value is -2.09. The van der Waals surface area contributed by atoms with Gasteiger partial charge in [0, 0.05) is 6.54 Å². The van der Waals surface area contributed by atoms with Crippen LogP contribution in [0.3, 0.4) is 0 Å². The smallest absolute Gasteiger partial charge is 0.0169 e. The Balaban J connectivity index is 0.00000225. The number of likely N-dealkylation sites (tertiary alicyclic amines) is 1. The summed E-state index contributed by atoms with van der Waals surface area (Å²) in [5.74, 6) is 0.842. The molecule has 3 aromatic carbocycles. The van der Waals surface area contributed by atoms with Gasteiger partial charge < -0.3 is 0 Å². The van der Waals surface area contributed by atoms with Gasteiger partial charge in [0.1, 0.15) is 0 Å². The fraction of sp³-hybridized carbons (Fsp3) is 0.308. The average Bonchev–Trinajstić information content (AvgIpc) is 2.73. The van der Waals surface area contributed by atoms with Gasteiger partial charge in [0.25, 0.3) is 0 Å². The van der Waals surface area contributed by atoms with Crippen molar-refractivity contribution in [1.29, 1.82) is 0 Å². The number of halogens is 1. The Morgan fingerprint density at radius 1 is 0.893 bits per heavy atom. The SMILES string of the molecule is C/C(=C\CN1CCC(Cc2ccccc2)CC1)c1ccc2ccccc2c1.Cl. The predicted octanol–water partition coefficient (Wildman–Crippen LogP) is 6.62. The average molecular weight is 392 g/mol. The van der Waals surface area contributed by atoms with Gasteiger partial charge in [-0.3, -0.25) is 4.90 Å². The summed E-state index contributed by atoms with van der Waals surface area (Å²) < 4.78 is 0. The number of fused-ring (bicyclic) bond motifs is 1. The van der Waals surface area contributed by atoms with Gasteiger partial charge in [-0.05, 0) is 78.7 Å². The van der Waals surface area contributed by atoms with Crippen molar-refractivity contribution in [3.05, 3.63) is 90.0 Å². The van der Waals surface area contributed by atoms with Gasteiger partial charge in [-0.15, -0.1) is 12.4 Å². The molecule has 0 unspecified atom stereocenters. The molecule has 0 aliphatic carbocycles. The molecule has 1 fully saturated rings. The Bertz CT molecular complexity index is 908. The van der Waals surface area contributed by atoms with Gasteiger partial charge in [0.15, 0.2) is 0 Å². The molecule has 1 aliphatic heterocycles. The molecule has 28 heavy (non-hydrogen) atoms. The summed E-state index contributed by atoms with van der Waals surface area (Å²) in [7, 11) is 0. The van der Waals surface area contributed by atoms with Crippen molar-refractivity contribution >= 4 is 28.8 Å². The van der Waals surface area contributed by atoms with Crippen molar-refractivity contribution in [2.24, 2.45) is 5.92 Å². The van der Waals surface area contributed by atoms with Crippen molar-refractivity contribution in [3.8, 4) is 0 Å². The number of hydrogen-bond donors (Lipinski definition) is 0. The quantitative estimate of drug-likeness (QED) is 0.472. The Morgan fingerprint density at radius 3 is 2.32 bits per heavy atom. The van der Waals surface area contributed by atoms with Crippen LogP contribution in [0.15, 0.2) is 78.9 Å². The number of nitrogens with zero attached hydrogens (tertiary/aromatic N) is 1. The summed E-state index contributed by atoms with van der Waals surface area (Å²) in [4.78, 5) is 2.60. The van der Waals surface area contributed by atoms with E-state index in [1.807, 2.05) is 0 Å². The lowest BCUT2D eigenvalue weighted by molar-refractivity contribution is 0.200. The van der Waals surface area contributed by atoms with E-state index < -0.39 is 0 Å². The third-order valence-electron chi connectivity index (χ3n) is 5.93. The van der Waals surface area contributed by atoms with E-state index in [9.17, 15) is 0 Å². The summed E-state index contributed by atoms with van der Waals surface area (Å²) in [5.41, 5.74) is 4.21. The number of allylic oxidation sites excluding steroid dienone is 1. The lowest BCUT2D eigenvalue weighted by Gasteiger charge is -2.31. The lowest BCUT2D eigenvalue weighted by atomic mass is 9.90. The first-order valence-corrected chi connectivity index (χ1v) is 10.2. The van der Waals surface area contributed by atoms with E-state index in [1.165, 1.54) is 59.8 Å². The Labute approximate surface area is 175 Å². The van der Waals surface area contributed by atoms with Crippen LogP contribution in [0.1, 0.15) is 30.9 Å². The molecule has 0 N–H and O–H groups in total. The second kappa shape index (κ2) is 9.91. The van der Waals surface area contributed by atoms with Crippen LogP contribution in [0.25, 0.3) is 16.3 Å². The summed E-state index contributed by atoms with van der Waals surface area (Å²) in [6.07, 6.45) is 6.28. The van der Waals surface area contributed by atoms with E-state index >= 15 is 0 Å². The zero-order valence-corrected chi connectivity index (χ0v) is 17.5. The molecule has 1 aliphatic rings. The van der Waals surface area contributed by atoms with Gasteiger partial charge in [-0.1, -0.05) is 72.8 Å². The van der Waals surface area contributed by atoms with Crippen LogP contribution in [-0.4, -0.2) is 24.5 Å². The molecule has 4 rings (SSSR count). The van der Waals surface area contributed by atoms with E-state index in [-0.39, 0.29) is 12.4 Å². The lowest BCUT2D eigenvalue weighted by Crippen LogP contribution is -2.34. The van der Waals surface area contributed by atoms with Crippen molar-refractivity contribution in [2.75, 3.05) is 19.6 Å². The van der Waals surface area contributed by atoms with E-state index in [1.54, 1.807) is 0 Å². The number of benzene rings is 3. The third kappa shape index (κ3) is 5.25. The number of piperidine rings is 1. The fourth-order valence-electron chi connectivity index (χ4n) is 4.14. The van der Waals surface area contributed by atoms with Crippen LogP contribution in [0.2, 0.25) is 0 Å². The summed E-state index contributed by atoms with van der Waals surface area (Å²) >= 11 is 0. The van der Waals surface area contributed by atoms with Gasteiger partial charge in [0.05, 0.1) is 0 Å². The molecular formula is C26H30ClN. The highest BCUT2D eigenvalue weighted by molar-refractivity contribution is 5.86. The zero-order valence-electron chi connectivity index (χ0n) is 16.7. The molecule has 1 heterocycles. The summed E-state index contributed by atoms with van der Waals surface area (Å²) in [6.45, 7) is 5.75. The molecule has 3 aromatic rings. The molecule has 1 nitrogen and oxygen atoms in total. The fourth-order valence-corrected chi connectivity index (χ4v) is 4.14. The van der Waals surface area contributed by atoms with Crippen molar-refractivity contribution in [3.63, 3.8) is 0 Å². The zero-order chi connectivity index (χ0) is 18.5. The van der Waals surface area contributed by atoms with E-state index in [0.717, 1.165) is 12.5 Å². The molecule has 1 saturated heterocycles. The van der Waals surface area contributed by atoms with Crippen LogP contribution in [0.4, 0.5) is 0 Å². The normalized spacial score (nSPS) is 16.1. The largest absolute Gasteiger partial charge is 0.300 e. The molecule has 146 valence electrons. The van der Waals surface area contributed by atoms with Crippen LogP contribution in [0.5, 0.6) is 0 Å². The molecule has 2 heteroatoms. The number of hydrogen-bond acceptors (Lipinski definition) is 1. The summed E-state index contributed by atoms with van der Waals surface area (Å²) in [6, 6.07) is 26.3. The molecular weight excluding hydrogens is 362 g/mol. The monoisotopic (exact) mass is 391 g/mol. The van der Waals surface area contributed by atoms with Crippen molar-refractivity contribution in [1.82, 2.24) is 4.90 Å². The van der Waals surface area contributed by atoms with E-state index in [2.05, 4.69) is 90.7 Å². The minimum atomic E-state index is 0. The maximum atomic E-state index is 2.60. The minimum Gasteiger partial charge on any atom is -0.300 e. The van der Waals surface area contributed by atoms with Crippen LogP contribution < -0.4 is 0 Å². The first kappa shape index (κ1) is 20.6. The third-order valence-corrected chi connectivity index (χ3v) is 5.93. The molecule has 0 atom stereocenters. The second-order valence-electron chi connectivity index (χ2n) is 7.88. The van der Waals surface area contributed by atoms with Gasteiger partial charge in [-0.25, -0.2) is 0 Å². The maximum absolute atomic E-state index is 2.60. The number of rotatable bonds is 5. The van der Waals surface area contributed by atoms with Gasteiger partial charge in [-0.2, -0.15) is 0 Å². The molecule has 0 saturated carbocycles. The summed E-state index contributed by atoms with van der Waals surface area (Å²) in [5, 5.41) is 2.64. The topological polar surface area (TPSA) is 3.24 Å².